The normalized spacial score (nSPS) is 6.15. The molecule has 0 nitrogen and oxygen atoms in total. The van der Waals surface area contributed by atoms with Crippen molar-refractivity contribution in [2.75, 3.05) is 0 Å². The molecule has 1 aromatic rings. The summed E-state index contributed by atoms with van der Waals surface area (Å²) in [7, 11) is 0. The maximum Gasteiger partial charge on any atom is -0.0231 e. The van der Waals surface area contributed by atoms with Crippen LogP contribution >= 0.6 is 0 Å². The van der Waals surface area contributed by atoms with Gasteiger partial charge in [-0.05, 0) is 17.5 Å². The summed E-state index contributed by atoms with van der Waals surface area (Å²) in [5, 5.41) is 0. The molecule has 0 heteroatoms. The van der Waals surface area contributed by atoms with Gasteiger partial charge < -0.3 is 0 Å². The van der Waals surface area contributed by atoms with Crippen LogP contribution in [0.4, 0.5) is 0 Å². The number of benzene rings is 1. The Kier molecular flexibility index (Phi) is 67.5. The first-order chi connectivity index (χ1) is 9.88. The van der Waals surface area contributed by atoms with E-state index < -0.39 is 0 Å². The van der Waals surface area contributed by atoms with Crippen molar-refractivity contribution in [2.24, 2.45) is 0 Å². The first-order valence-electron chi connectivity index (χ1n) is 8.58. The van der Waals surface area contributed by atoms with E-state index in [1.807, 2.05) is 81.4 Å². The van der Waals surface area contributed by atoms with Crippen LogP contribution in [0.1, 0.15) is 87.3 Å². The zero-order chi connectivity index (χ0) is 17.4. The van der Waals surface area contributed by atoms with E-state index in [9.17, 15) is 0 Å². The fourth-order valence-electron chi connectivity index (χ4n) is 1.06. The SMILES string of the molecule is C=Cc1ccccc1CC.CC.CC.CC.CC.CC. The van der Waals surface area contributed by atoms with Crippen molar-refractivity contribution < 1.29 is 0 Å². The molecule has 0 unspecified atom stereocenters. The fraction of sp³-hybridized carbons (Fsp3) is 0.600. The maximum atomic E-state index is 3.74. The lowest BCUT2D eigenvalue weighted by Gasteiger charge is -1.99. The lowest BCUT2D eigenvalue weighted by Crippen LogP contribution is -1.83. The van der Waals surface area contributed by atoms with Gasteiger partial charge in [-0.2, -0.15) is 0 Å². The Morgan fingerprint density at radius 3 is 1.35 bits per heavy atom. The highest BCUT2D eigenvalue weighted by atomic mass is 14.0. The standard InChI is InChI=1S/C10H12.5C2H6/c1-3-9-7-5-6-8-10(9)4-2;5*1-2/h3,5-8H,1,4H2,2H3;5*1-2H3. The highest BCUT2D eigenvalue weighted by Crippen LogP contribution is 2.09. The minimum Gasteiger partial charge on any atom is -0.0985 e. The summed E-state index contributed by atoms with van der Waals surface area (Å²) < 4.78 is 0. The minimum absolute atomic E-state index is 1.09. The first-order valence-corrected chi connectivity index (χ1v) is 8.58. The third kappa shape index (κ3) is 22.2. The van der Waals surface area contributed by atoms with Crippen LogP contribution in [0.25, 0.3) is 6.08 Å². The van der Waals surface area contributed by atoms with Gasteiger partial charge in [-0.15, -0.1) is 0 Å². The van der Waals surface area contributed by atoms with Crippen molar-refractivity contribution in [3.05, 3.63) is 42.0 Å². The van der Waals surface area contributed by atoms with E-state index >= 15 is 0 Å². The molecule has 0 aromatic heterocycles. The van der Waals surface area contributed by atoms with Crippen molar-refractivity contribution in [3.63, 3.8) is 0 Å². The van der Waals surface area contributed by atoms with E-state index in [2.05, 4.69) is 31.7 Å². The number of rotatable bonds is 2. The van der Waals surface area contributed by atoms with E-state index in [4.69, 9.17) is 0 Å². The Labute approximate surface area is 131 Å². The van der Waals surface area contributed by atoms with Gasteiger partial charge in [0.15, 0.2) is 0 Å². The predicted octanol–water partition coefficient (Wildman–Crippen LogP) is 8.02. The van der Waals surface area contributed by atoms with Crippen molar-refractivity contribution >= 4 is 6.08 Å². The smallest absolute Gasteiger partial charge is 0.0231 e. The third-order valence-electron chi connectivity index (χ3n) is 1.66. The summed E-state index contributed by atoms with van der Waals surface area (Å²) in [6, 6.07) is 8.32. The average Bonchev–Trinajstić information content (AvgIpc) is 2.63. The lowest BCUT2D eigenvalue weighted by molar-refractivity contribution is 1.13. The van der Waals surface area contributed by atoms with Crippen molar-refractivity contribution in [1.82, 2.24) is 0 Å². The summed E-state index contributed by atoms with van der Waals surface area (Å²) in [6.45, 7) is 25.9. The molecule has 0 atom stereocenters. The monoisotopic (exact) mass is 282 g/mol. The molecule has 1 aromatic carbocycles. The van der Waals surface area contributed by atoms with Crippen molar-refractivity contribution in [1.29, 1.82) is 0 Å². The lowest BCUT2D eigenvalue weighted by atomic mass is 10.1. The Morgan fingerprint density at radius 2 is 1.10 bits per heavy atom. The van der Waals surface area contributed by atoms with Crippen LogP contribution in [-0.2, 0) is 6.42 Å². The van der Waals surface area contributed by atoms with Crippen LogP contribution in [0.5, 0.6) is 0 Å². The van der Waals surface area contributed by atoms with Gasteiger partial charge in [-0.1, -0.05) is 113 Å². The number of hydrogen-bond donors (Lipinski definition) is 0. The molecule has 0 heterocycles. The summed E-state index contributed by atoms with van der Waals surface area (Å²) in [5.41, 5.74) is 2.63. The Bertz CT molecular complexity index is 223. The zero-order valence-electron chi connectivity index (χ0n) is 16.3. The Balaban J connectivity index is -0.0000000639. The van der Waals surface area contributed by atoms with Gasteiger partial charge in [0.25, 0.3) is 0 Å². The molecule has 0 spiro atoms. The van der Waals surface area contributed by atoms with Crippen LogP contribution < -0.4 is 0 Å². The van der Waals surface area contributed by atoms with Crippen molar-refractivity contribution in [2.45, 2.75) is 82.6 Å². The van der Waals surface area contributed by atoms with Crippen LogP contribution in [0.3, 0.4) is 0 Å². The molecule has 20 heavy (non-hydrogen) atoms. The van der Waals surface area contributed by atoms with E-state index in [0.29, 0.717) is 0 Å². The number of hydrogen-bond acceptors (Lipinski definition) is 0. The van der Waals surface area contributed by atoms with Crippen LogP contribution in [-0.4, -0.2) is 0 Å². The van der Waals surface area contributed by atoms with Gasteiger partial charge >= 0.3 is 0 Å². The Hall–Kier alpha value is -1.04. The van der Waals surface area contributed by atoms with Crippen LogP contribution in [0, 0.1) is 0 Å². The molecule has 122 valence electrons. The maximum absolute atomic E-state index is 3.74. The van der Waals surface area contributed by atoms with Gasteiger partial charge in [0.1, 0.15) is 0 Å². The molecule has 0 fully saturated rings. The second-order valence-corrected chi connectivity index (χ2v) is 2.26. The summed E-state index contributed by atoms with van der Waals surface area (Å²) in [6.07, 6.45) is 2.99. The van der Waals surface area contributed by atoms with Gasteiger partial charge in [-0.25, -0.2) is 0 Å². The van der Waals surface area contributed by atoms with Crippen LogP contribution in [0.2, 0.25) is 0 Å². The third-order valence-corrected chi connectivity index (χ3v) is 1.66. The summed E-state index contributed by atoms with van der Waals surface area (Å²) in [5.74, 6) is 0. The molecule has 0 radical (unpaired) electrons. The topological polar surface area (TPSA) is 0 Å². The van der Waals surface area contributed by atoms with E-state index in [1.54, 1.807) is 0 Å². The average molecular weight is 283 g/mol. The molecular weight excluding hydrogens is 240 g/mol. The van der Waals surface area contributed by atoms with E-state index in [1.165, 1.54) is 11.1 Å². The molecule has 1 rings (SSSR count). The van der Waals surface area contributed by atoms with Crippen molar-refractivity contribution in [3.8, 4) is 0 Å². The molecular formula is C20H42. The quantitative estimate of drug-likeness (QED) is 0.515. The van der Waals surface area contributed by atoms with Crippen LogP contribution in [0.15, 0.2) is 30.8 Å². The van der Waals surface area contributed by atoms with Gasteiger partial charge in [0, 0.05) is 0 Å². The number of aryl methyl sites for hydroxylation is 1. The molecule has 0 N–H and O–H groups in total. The molecule has 0 aliphatic rings. The predicted molar refractivity (Wildman–Crippen MR) is 103 cm³/mol. The second-order valence-electron chi connectivity index (χ2n) is 2.26. The summed E-state index contributed by atoms with van der Waals surface area (Å²) in [4.78, 5) is 0. The fourth-order valence-corrected chi connectivity index (χ4v) is 1.06. The van der Waals surface area contributed by atoms with Gasteiger partial charge in [0.05, 0.1) is 0 Å². The molecule has 0 bridgehead atoms. The Morgan fingerprint density at radius 1 is 0.750 bits per heavy atom. The molecule has 0 aliphatic carbocycles. The molecule has 0 amide bonds. The van der Waals surface area contributed by atoms with E-state index in [0.717, 1.165) is 6.42 Å². The summed E-state index contributed by atoms with van der Waals surface area (Å²) >= 11 is 0. The highest BCUT2D eigenvalue weighted by Gasteiger charge is 1.91. The first kappa shape index (κ1) is 31.4. The molecule has 0 saturated carbocycles. The largest absolute Gasteiger partial charge is 0.0985 e. The zero-order valence-corrected chi connectivity index (χ0v) is 16.3. The van der Waals surface area contributed by atoms with Gasteiger partial charge in [-0.3, -0.25) is 0 Å². The minimum atomic E-state index is 1.09. The van der Waals surface area contributed by atoms with Gasteiger partial charge in [0.2, 0.25) is 0 Å². The molecule has 0 aliphatic heterocycles. The van der Waals surface area contributed by atoms with E-state index in [-0.39, 0.29) is 0 Å². The highest BCUT2D eigenvalue weighted by molar-refractivity contribution is 5.51. The second kappa shape index (κ2) is 43.0. The molecule has 0 saturated heterocycles.